The highest BCUT2D eigenvalue weighted by Crippen LogP contribution is 2.37. The third-order valence-corrected chi connectivity index (χ3v) is 4.51. The van der Waals surface area contributed by atoms with Gasteiger partial charge in [0.25, 0.3) is 0 Å². The summed E-state index contributed by atoms with van der Waals surface area (Å²) in [5.41, 5.74) is 2.82. The van der Waals surface area contributed by atoms with Gasteiger partial charge in [-0.15, -0.1) is 0 Å². The Morgan fingerprint density at radius 3 is 2.39 bits per heavy atom. The lowest BCUT2D eigenvalue weighted by molar-refractivity contribution is 0.613. The number of halogens is 2. The van der Waals surface area contributed by atoms with E-state index in [4.69, 9.17) is 0 Å². The summed E-state index contributed by atoms with van der Waals surface area (Å²) in [4.78, 5) is 4.10. The molecule has 2 rings (SSSR count). The molecule has 18 heavy (non-hydrogen) atoms. The van der Waals surface area contributed by atoms with Crippen LogP contribution in [0.2, 0.25) is 0 Å². The molecule has 0 saturated heterocycles. The number of benzene rings is 1. The lowest BCUT2D eigenvalue weighted by Crippen LogP contribution is -2.03. The summed E-state index contributed by atoms with van der Waals surface area (Å²) >= 11 is 3.66. The highest BCUT2D eigenvalue weighted by molar-refractivity contribution is 9.09. The van der Waals surface area contributed by atoms with Gasteiger partial charge in [0.2, 0.25) is 0 Å². The first-order valence-electron chi connectivity index (χ1n) is 5.89. The number of hydrogen-bond donors (Lipinski definition) is 0. The maximum atomic E-state index is 13.6. The Kier molecular flexibility index (Phi) is 4.12. The van der Waals surface area contributed by atoms with Gasteiger partial charge >= 0.3 is 0 Å². The summed E-state index contributed by atoms with van der Waals surface area (Å²) in [5.74, 6) is 0.106. The summed E-state index contributed by atoms with van der Waals surface area (Å²) in [7, 11) is 0. The topological polar surface area (TPSA) is 12.9 Å². The van der Waals surface area contributed by atoms with E-state index < -0.39 is 0 Å². The first kappa shape index (κ1) is 13.2. The van der Waals surface area contributed by atoms with Crippen LogP contribution in [-0.2, 0) is 0 Å². The van der Waals surface area contributed by atoms with E-state index in [9.17, 15) is 4.39 Å². The molecule has 1 nitrogen and oxygen atoms in total. The standard InChI is InChI=1S/C15H15BrFN/c1-10-3-4-13(9-14(10)17)15(16)11(2)12-5-7-18-8-6-12/h3-9,11,15H,1-2H3. The first-order valence-corrected chi connectivity index (χ1v) is 6.81. The van der Waals surface area contributed by atoms with Gasteiger partial charge in [0.15, 0.2) is 0 Å². The molecule has 0 saturated carbocycles. The van der Waals surface area contributed by atoms with Crippen molar-refractivity contribution >= 4 is 15.9 Å². The predicted octanol–water partition coefficient (Wildman–Crippen LogP) is 4.77. The highest BCUT2D eigenvalue weighted by Gasteiger charge is 2.18. The van der Waals surface area contributed by atoms with Crippen LogP contribution < -0.4 is 0 Å². The summed E-state index contributed by atoms with van der Waals surface area (Å²) in [6.07, 6.45) is 3.56. The van der Waals surface area contributed by atoms with Gasteiger partial charge < -0.3 is 0 Å². The zero-order valence-electron chi connectivity index (χ0n) is 10.4. The summed E-state index contributed by atoms with van der Waals surface area (Å²) < 4.78 is 13.6. The molecule has 0 bridgehead atoms. The Bertz CT molecular complexity index is 527. The molecule has 1 heterocycles. The lowest BCUT2D eigenvalue weighted by atomic mass is 9.94. The molecule has 0 aliphatic carbocycles. The van der Waals surface area contributed by atoms with Crippen LogP contribution in [0.1, 0.15) is 34.4 Å². The fourth-order valence-corrected chi connectivity index (χ4v) is 2.50. The van der Waals surface area contributed by atoms with E-state index >= 15 is 0 Å². The first-order chi connectivity index (χ1) is 8.59. The van der Waals surface area contributed by atoms with Crippen LogP contribution in [0.15, 0.2) is 42.7 Å². The fraction of sp³-hybridized carbons (Fsp3) is 0.267. The number of rotatable bonds is 3. The Balaban J connectivity index is 2.25. The van der Waals surface area contributed by atoms with Crippen molar-refractivity contribution in [1.29, 1.82) is 0 Å². The van der Waals surface area contributed by atoms with Crippen LogP contribution >= 0.6 is 15.9 Å². The second kappa shape index (κ2) is 5.61. The Morgan fingerprint density at radius 2 is 1.78 bits per heavy atom. The minimum Gasteiger partial charge on any atom is -0.265 e. The maximum absolute atomic E-state index is 13.6. The molecule has 0 N–H and O–H groups in total. The number of aryl methyl sites for hydroxylation is 1. The molecule has 0 aliphatic rings. The Morgan fingerprint density at radius 1 is 1.11 bits per heavy atom. The van der Waals surface area contributed by atoms with Gasteiger partial charge in [-0.2, -0.15) is 0 Å². The van der Waals surface area contributed by atoms with Crippen LogP contribution in [0.3, 0.4) is 0 Å². The van der Waals surface area contributed by atoms with Gasteiger partial charge in [0, 0.05) is 17.2 Å². The average molecular weight is 308 g/mol. The van der Waals surface area contributed by atoms with E-state index in [1.165, 1.54) is 5.56 Å². The summed E-state index contributed by atoms with van der Waals surface area (Å²) in [6, 6.07) is 9.37. The number of hydrogen-bond acceptors (Lipinski definition) is 1. The second-order valence-electron chi connectivity index (χ2n) is 4.48. The number of alkyl halides is 1. The Hall–Kier alpha value is -1.22. The number of nitrogens with zero attached hydrogens (tertiary/aromatic N) is 1. The van der Waals surface area contributed by atoms with Crippen molar-refractivity contribution in [2.75, 3.05) is 0 Å². The number of aromatic nitrogens is 1. The smallest absolute Gasteiger partial charge is 0.126 e. The van der Waals surface area contributed by atoms with Crippen LogP contribution in [0.4, 0.5) is 4.39 Å². The molecule has 2 aromatic rings. The molecule has 0 fully saturated rings. The van der Waals surface area contributed by atoms with Crippen molar-refractivity contribution in [2.24, 2.45) is 0 Å². The zero-order chi connectivity index (χ0) is 13.1. The molecule has 0 aliphatic heterocycles. The van der Waals surface area contributed by atoms with E-state index in [1.807, 2.05) is 24.3 Å². The van der Waals surface area contributed by atoms with Crippen molar-refractivity contribution in [1.82, 2.24) is 4.98 Å². The maximum Gasteiger partial charge on any atom is 0.126 e. The molecular weight excluding hydrogens is 293 g/mol. The minimum absolute atomic E-state index is 0.0926. The molecule has 1 aromatic heterocycles. The molecule has 0 radical (unpaired) electrons. The van der Waals surface area contributed by atoms with E-state index in [1.54, 1.807) is 25.4 Å². The normalized spacial score (nSPS) is 14.2. The summed E-state index contributed by atoms with van der Waals surface area (Å²) in [6.45, 7) is 3.89. The van der Waals surface area contributed by atoms with E-state index in [0.29, 0.717) is 5.56 Å². The summed E-state index contributed by atoms with van der Waals surface area (Å²) in [5, 5.41) is 0. The molecule has 0 amide bonds. The molecular formula is C15H15BrFN. The average Bonchev–Trinajstić information content (AvgIpc) is 2.41. The van der Waals surface area contributed by atoms with Crippen molar-refractivity contribution in [3.63, 3.8) is 0 Å². The quantitative estimate of drug-likeness (QED) is 0.744. The predicted molar refractivity (Wildman–Crippen MR) is 75.5 cm³/mol. The number of pyridine rings is 1. The van der Waals surface area contributed by atoms with Crippen LogP contribution in [-0.4, -0.2) is 4.98 Å². The van der Waals surface area contributed by atoms with Crippen molar-refractivity contribution in [3.8, 4) is 0 Å². The van der Waals surface area contributed by atoms with E-state index in [-0.39, 0.29) is 16.6 Å². The van der Waals surface area contributed by atoms with Gasteiger partial charge in [0.1, 0.15) is 5.82 Å². The zero-order valence-corrected chi connectivity index (χ0v) is 12.0. The molecule has 0 spiro atoms. The van der Waals surface area contributed by atoms with Crippen molar-refractivity contribution < 1.29 is 4.39 Å². The van der Waals surface area contributed by atoms with Crippen molar-refractivity contribution in [3.05, 3.63) is 65.2 Å². The largest absolute Gasteiger partial charge is 0.265 e. The highest BCUT2D eigenvalue weighted by atomic mass is 79.9. The molecule has 94 valence electrons. The van der Waals surface area contributed by atoms with Gasteiger partial charge in [-0.3, -0.25) is 4.98 Å². The third kappa shape index (κ3) is 2.78. The monoisotopic (exact) mass is 307 g/mol. The SMILES string of the molecule is Cc1ccc(C(Br)C(C)c2ccncc2)cc1F. The molecule has 1 aromatic carbocycles. The second-order valence-corrected chi connectivity index (χ2v) is 5.47. The van der Waals surface area contributed by atoms with Gasteiger partial charge in [-0.05, 0) is 47.7 Å². The third-order valence-electron chi connectivity index (χ3n) is 3.19. The Labute approximate surface area is 115 Å². The molecule has 2 atom stereocenters. The van der Waals surface area contributed by atoms with Crippen LogP contribution in [0.5, 0.6) is 0 Å². The van der Waals surface area contributed by atoms with Crippen LogP contribution in [0, 0.1) is 12.7 Å². The van der Waals surface area contributed by atoms with Gasteiger partial charge in [-0.25, -0.2) is 4.39 Å². The molecule has 3 heteroatoms. The van der Waals surface area contributed by atoms with Crippen LogP contribution in [0.25, 0.3) is 0 Å². The lowest BCUT2D eigenvalue weighted by Gasteiger charge is -2.19. The minimum atomic E-state index is -0.154. The van der Waals surface area contributed by atoms with Crippen molar-refractivity contribution in [2.45, 2.75) is 24.6 Å². The van der Waals surface area contributed by atoms with E-state index in [0.717, 1.165) is 5.56 Å². The van der Waals surface area contributed by atoms with Gasteiger partial charge in [-0.1, -0.05) is 35.0 Å². The molecule has 2 unspecified atom stereocenters. The van der Waals surface area contributed by atoms with Gasteiger partial charge in [0.05, 0.1) is 0 Å². The van der Waals surface area contributed by atoms with E-state index in [2.05, 4.69) is 27.8 Å². The fourth-order valence-electron chi connectivity index (χ4n) is 1.91.